The van der Waals surface area contributed by atoms with Crippen LogP contribution in [-0.2, 0) is 4.74 Å². The van der Waals surface area contributed by atoms with Crippen molar-refractivity contribution >= 4 is 17.3 Å². The molecule has 0 atom stereocenters. The number of hydrogen-bond donors (Lipinski definition) is 1. The molecule has 0 saturated heterocycles. The number of carbonyl (C=O) groups is 1. The molecular formula is C9H9FN2O4. The molecule has 2 N–H and O–H groups in total. The molecule has 0 unspecified atom stereocenters. The number of hydrogen-bond acceptors (Lipinski definition) is 5. The molecule has 0 aliphatic carbocycles. The summed E-state index contributed by atoms with van der Waals surface area (Å²) >= 11 is 0. The summed E-state index contributed by atoms with van der Waals surface area (Å²) in [5.74, 6) is -1.85. The van der Waals surface area contributed by atoms with Crippen molar-refractivity contribution in [3.8, 4) is 0 Å². The van der Waals surface area contributed by atoms with Crippen LogP contribution in [-0.4, -0.2) is 17.5 Å². The van der Waals surface area contributed by atoms with E-state index in [1.807, 2.05) is 0 Å². The van der Waals surface area contributed by atoms with Gasteiger partial charge in [0.2, 0.25) is 0 Å². The van der Waals surface area contributed by atoms with Crippen molar-refractivity contribution in [2.75, 3.05) is 12.3 Å². The summed E-state index contributed by atoms with van der Waals surface area (Å²) < 4.78 is 17.6. The lowest BCUT2D eigenvalue weighted by Gasteiger charge is -2.04. The summed E-state index contributed by atoms with van der Waals surface area (Å²) in [6.07, 6.45) is 0. The van der Waals surface area contributed by atoms with E-state index in [9.17, 15) is 19.3 Å². The first-order chi connectivity index (χ1) is 7.47. The fourth-order valence-electron chi connectivity index (χ4n) is 1.10. The molecule has 0 aliphatic heterocycles. The Morgan fingerprint density at radius 3 is 2.75 bits per heavy atom. The van der Waals surface area contributed by atoms with Gasteiger partial charge in [-0.15, -0.1) is 0 Å². The predicted octanol–water partition coefficient (Wildman–Crippen LogP) is 1.49. The summed E-state index contributed by atoms with van der Waals surface area (Å²) in [7, 11) is 0. The second-order valence-electron chi connectivity index (χ2n) is 2.87. The normalized spacial score (nSPS) is 9.88. The second-order valence-corrected chi connectivity index (χ2v) is 2.87. The lowest BCUT2D eigenvalue weighted by Crippen LogP contribution is -2.09. The SMILES string of the molecule is CCOC(=O)c1cc(F)c(N)cc1[N+](=O)[O-]. The number of rotatable bonds is 3. The zero-order chi connectivity index (χ0) is 12.3. The zero-order valence-electron chi connectivity index (χ0n) is 8.40. The maximum absolute atomic E-state index is 13.1. The molecule has 6 nitrogen and oxygen atoms in total. The predicted molar refractivity (Wildman–Crippen MR) is 53.4 cm³/mol. The zero-order valence-corrected chi connectivity index (χ0v) is 8.40. The monoisotopic (exact) mass is 228 g/mol. The van der Waals surface area contributed by atoms with Crippen molar-refractivity contribution in [1.82, 2.24) is 0 Å². The standard InChI is InChI=1S/C9H9FN2O4/c1-2-16-9(13)5-3-6(10)7(11)4-8(5)12(14)15/h3-4H,2,11H2,1H3. The van der Waals surface area contributed by atoms with Crippen LogP contribution in [0.25, 0.3) is 0 Å². The Morgan fingerprint density at radius 1 is 1.62 bits per heavy atom. The Balaban J connectivity index is 3.30. The van der Waals surface area contributed by atoms with Crippen LogP contribution < -0.4 is 5.73 Å². The summed E-state index contributed by atoms with van der Waals surface area (Å²) in [6.45, 7) is 1.58. The van der Waals surface area contributed by atoms with Crippen LogP contribution >= 0.6 is 0 Å². The van der Waals surface area contributed by atoms with Gasteiger partial charge in [-0.1, -0.05) is 0 Å². The molecule has 0 radical (unpaired) electrons. The van der Waals surface area contributed by atoms with E-state index in [4.69, 9.17) is 5.73 Å². The molecule has 0 aliphatic rings. The van der Waals surface area contributed by atoms with E-state index in [1.54, 1.807) is 0 Å². The highest BCUT2D eigenvalue weighted by Crippen LogP contribution is 2.25. The van der Waals surface area contributed by atoms with Gasteiger partial charge >= 0.3 is 5.97 Å². The van der Waals surface area contributed by atoms with Crippen LogP contribution in [0.5, 0.6) is 0 Å². The van der Waals surface area contributed by atoms with Crippen LogP contribution in [0.2, 0.25) is 0 Å². The highest BCUT2D eigenvalue weighted by Gasteiger charge is 2.23. The van der Waals surface area contributed by atoms with Gasteiger partial charge in [-0.05, 0) is 13.0 Å². The molecule has 0 amide bonds. The number of nitrogens with two attached hydrogens (primary N) is 1. The first-order valence-electron chi connectivity index (χ1n) is 4.38. The highest BCUT2D eigenvalue weighted by molar-refractivity contribution is 5.94. The van der Waals surface area contributed by atoms with Gasteiger partial charge in [-0.2, -0.15) is 0 Å². The number of benzene rings is 1. The van der Waals surface area contributed by atoms with E-state index in [1.165, 1.54) is 6.92 Å². The van der Waals surface area contributed by atoms with Crippen LogP contribution in [0, 0.1) is 15.9 Å². The summed E-state index contributed by atoms with van der Waals surface area (Å²) in [4.78, 5) is 21.1. The number of nitro groups is 1. The Kier molecular flexibility index (Phi) is 3.39. The summed E-state index contributed by atoms with van der Waals surface area (Å²) in [5, 5.41) is 10.6. The van der Waals surface area contributed by atoms with Gasteiger partial charge in [-0.25, -0.2) is 9.18 Å². The van der Waals surface area contributed by atoms with Gasteiger partial charge in [0.15, 0.2) is 0 Å². The number of nitrogen functional groups attached to an aromatic ring is 1. The van der Waals surface area contributed by atoms with Gasteiger partial charge < -0.3 is 10.5 Å². The molecule has 0 spiro atoms. The third-order valence-corrected chi connectivity index (χ3v) is 1.81. The maximum atomic E-state index is 13.1. The van der Waals surface area contributed by atoms with E-state index in [0.29, 0.717) is 6.07 Å². The largest absolute Gasteiger partial charge is 0.462 e. The Morgan fingerprint density at radius 2 is 2.25 bits per heavy atom. The molecular weight excluding hydrogens is 219 g/mol. The van der Waals surface area contributed by atoms with Crippen molar-refractivity contribution in [2.24, 2.45) is 0 Å². The summed E-state index contributed by atoms with van der Waals surface area (Å²) in [6, 6.07) is 1.49. The average molecular weight is 228 g/mol. The number of carbonyl (C=O) groups excluding carboxylic acids is 1. The quantitative estimate of drug-likeness (QED) is 0.366. The topological polar surface area (TPSA) is 95.5 Å². The van der Waals surface area contributed by atoms with Crippen LogP contribution in [0.15, 0.2) is 12.1 Å². The number of ether oxygens (including phenoxy) is 1. The van der Waals surface area contributed by atoms with E-state index >= 15 is 0 Å². The van der Waals surface area contributed by atoms with E-state index in [2.05, 4.69) is 4.74 Å². The number of esters is 1. The Hall–Kier alpha value is -2.18. The Bertz CT molecular complexity index is 447. The minimum atomic E-state index is -0.951. The minimum absolute atomic E-state index is 0.0436. The molecule has 1 rings (SSSR count). The van der Waals surface area contributed by atoms with E-state index < -0.39 is 28.0 Å². The summed E-state index contributed by atoms with van der Waals surface area (Å²) in [5.41, 5.74) is 3.76. The molecule has 86 valence electrons. The lowest BCUT2D eigenvalue weighted by atomic mass is 10.1. The van der Waals surface area contributed by atoms with Crippen molar-refractivity contribution in [2.45, 2.75) is 6.92 Å². The molecule has 0 bridgehead atoms. The molecule has 0 aromatic heterocycles. The highest BCUT2D eigenvalue weighted by atomic mass is 19.1. The third-order valence-electron chi connectivity index (χ3n) is 1.81. The van der Waals surface area contributed by atoms with E-state index in [-0.39, 0.29) is 12.3 Å². The van der Waals surface area contributed by atoms with Gasteiger partial charge in [0, 0.05) is 6.07 Å². The van der Waals surface area contributed by atoms with Gasteiger partial charge in [0.1, 0.15) is 11.4 Å². The maximum Gasteiger partial charge on any atom is 0.345 e. The number of nitro benzene ring substituents is 1. The molecule has 1 aromatic carbocycles. The van der Waals surface area contributed by atoms with Gasteiger partial charge in [0.05, 0.1) is 17.2 Å². The first-order valence-corrected chi connectivity index (χ1v) is 4.38. The van der Waals surface area contributed by atoms with Gasteiger partial charge in [-0.3, -0.25) is 10.1 Å². The molecule has 16 heavy (non-hydrogen) atoms. The van der Waals surface area contributed by atoms with Crippen LogP contribution in [0.4, 0.5) is 15.8 Å². The number of halogens is 1. The Labute approximate surface area is 90.0 Å². The fourth-order valence-corrected chi connectivity index (χ4v) is 1.10. The van der Waals surface area contributed by atoms with Crippen LogP contribution in [0.1, 0.15) is 17.3 Å². The first kappa shape index (κ1) is 11.9. The van der Waals surface area contributed by atoms with Crippen molar-refractivity contribution in [1.29, 1.82) is 0 Å². The van der Waals surface area contributed by atoms with Crippen molar-refractivity contribution < 1.29 is 18.8 Å². The fraction of sp³-hybridized carbons (Fsp3) is 0.222. The van der Waals surface area contributed by atoms with Crippen molar-refractivity contribution in [3.63, 3.8) is 0 Å². The van der Waals surface area contributed by atoms with E-state index in [0.717, 1.165) is 6.07 Å². The second kappa shape index (κ2) is 4.56. The molecule has 0 heterocycles. The number of anilines is 1. The molecule has 0 saturated carbocycles. The number of nitrogens with zero attached hydrogens (tertiary/aromatic N) is 1. The van der Waals surface area contributed by atoms with Crippen molar-refractivity contribution in [3.05, 3.63) is 33.6 Å². The smallest absolute Gasteiger partial charge is 0.345 e. The average Bonchev–Trinajstić information content (AvgIpc) is 2.21. The minimum Gasteiger partial charge on any atom is -0.462 e. The van der Waals surface area contributed by atoms with Crippen LogP contribution in [0.3, 0.4) is 0 Å². The molecule has 1 aromatic rings. The van der Waals surface area contributed by atoms with Gasteiger partial charge in [0.25, 0.3) is 5.69 Å². The lowest BCUT2D eigenvalue weighted by molar-refractivity contribution is -0.385. The third kappa shape index (κ3) is 2.25. The molecule has 0 fully saturated rings. The molecule has 7 heteroatoms.